The van der Waals surface area contributed by atoms with Gasteiger partial charge in [0, 0.05) is 17.3 Å². The number of carbonyl (C=O) groups excluding carboxylic acids is 1. The smallest absolute Gasteiger partial charge is 0.264 e. The van der Waals surface area contributed by atoms with Gasteiger partial charge >= 0.3 is 0 Å². The maximum Gasteiger partial charge on any atom is 0.264 e. The van der Waals surface area contributed by atoms with E-state index in [1.54, 1.807) is 17.0 Å². The second-order valence-corrected chi connectivity index (χ2v) is 5.53. The van der Waals surface area contributed by atoms with Crippen LogP contribution >= 0.6 is 11.6 Å². The van der Waals surface area contributed by atoms with E-state index >= 15 is 0 Å². The lowest BCUT2D eigenvalue weighted by Crippen LogP contribution is -2.33. The molecule has 4 heteroatoms. The number of hydrogen-bond donors (Lipinski definition) is 0. The van der Waals surface area contributed by atoms with Crippen LogP contribution in [0.1, 0.15) is 11.1 Å². The normalized spacial score (nSPS) is 13.1. The molecule has 1 aliphatic rings. The summed E-state index contributed by atoms with van der Waals surface area (Å²) in [7, 11) is 0. The molecule has 0 aliphatic carbocycles. The predicted molar refractivity (Wildman–Crippen MR) is 84.2 cm³/mol. The molecule has 1 aliphatic heterocycles. The van der Waals surface area contributed by atoms with Crippen LogP contribution in [-0.2, 0) is 11.2 Å². The van der Waals surface area contributed by atoms with E-state index in [1.807, 2.05) is 31.2 Å². The Balaban J connectivity index is 1.66. The first-order valence-corrected chi connectivity index (χ1v) is 7.30. The van der Waals surface area contributed by atoms with Gasteiger partial charge in [0.25, 0.3) is 5.91 Å². The monoisotopic (exact) mass is 301 g/mol. The second kappa shape index (κ2) is 5.78. The molecule has 0 unspecified atom stereocenters. The van der Waals surface area contributed by atoms with Crippen molar-refractivity contribution in [3.63, 3.8) is 0 Å². The molecule has 0 radical (unpaired) electrons. The molecular formula is C17H16ClNO2. The zero-order valence-electron chi connectivity index (χ0n) is 11.8. The van der Waals surface area contributed by atoms with E-state index in [1.165, 1.54) is 5.56 Å². The van der Waals surface area contributed by atoms with Crippen LogP contribution in [0.4, 0.5) is 5.69 Å². The minimum atomic E-state index is -0.0208. The minimum absolute atomic E-state index is 0.0208. The molecule has 0 bridgehead atoms. The first-order valence-electron chi connectivity index (χ1n) is 6.92. The van der Waals surface area contributed by atoms with Gasteiger partial charge in [0.2, 0.25) is 0 Å². The van der Waals surface area contributed by atoms with Gasteiger partial charge in [-0.1, -0.05) is 29.8 Å². The highest BCUT2D eigenvalue weighted by Gasteiger charge is 2.24. The third kappa shape index (κ3) is 2.88. The van der Waals surface area contributed by atoms with Crippen LogP contribution in [-0.4, -0.2) is 19.1 Å². The third-order valence-corrected chi connectivity index (χ3v) is 4.10. The maximum atomic E-state index is 12.3. The Labute approximate surface area is 129 Å². The molecular weight excluding hydrogens is 286 g/mol. The van der Waals surface area contributed by atoms with Gasteiger partial charge in [-0.3, -0.25) is 4.79 Å². The molecule has 1 heterocycles. The van der Waals surface area contributed by atoms with Gasteiger partial charge < -0.3 is 9.64 Å². The highest BCUT2D eigenvalue weighted by Crippen LogP contribution is 2.27. The molecule has 108 valence electrons. The number of benzene rings is 2. The molecule has 0 spiro atoms. The number of carbonyl (C=O) groups is 1. The van der Waals surface area contributed by atoms with Gasteiger partial charge in [-0.2, -0.15) is 0 Å². The number of aryl methyl sites for hydroxylation is 1. The van der Waals surface area contributed by atoms with Crippen molar-refractivity contribution >= 4 is 23.2 Å². The van der Waals surface area contributed by atoms with E-state index in [-0.39, 0.29) is 12.5 Å². The van der Waals surface area contributed by atoms with E-state index in [2.05, 4.69) is 6.07 Å². The molecule has 0 N–H and O–H groups in total. The largest absolute Gasteiger partial charge is 0.484 e. The number of fused-ring (bicyclic) bond motifs is 1. The summed E-state index contributed by atoms with van der Waals surface area (Å²) in [5.41, 5.74) is 3.15. The third-order valence-electron chi connectivity index (χ3n) is 3.68. The summed E-state index contributed by atoms with van der Waals surface area (Å²) in [5.74, 6) is 0.644. The molecule has 1 amide bonds. The molecule has 0 fully saturated rings. The second-order valence-electron chi connectivity index (χ2n) is 5.12. The SMILES string of the molecule is Cc1cc(OCC(=O)N2CCc3ccccc32)ccc1Cl. The molecule has 2 aromatic rings. The molecule has 0 aromatic heterocycles. The standard InChI is InChI=1S/C17H16ClNO2/c1-12-10-14(6-7-15(12)18)21-11-17(20)19-9-8-13-4-2-3-5-16(13)19/h2-7,10H,8-9,11H2,1H3. The van der Waals surface area contributed by atoms with Crippen LogP contribution in [0, 0.1) is 6.92 Å². The van der Waals surface area contributed by atoms with Crippen LogP contribution in [0.2, 0.25) is 5.02 Å². The van der Waals surface area contributed by atoms with E-state index in [0.717, 1.165) is 24.2 Å². The van der Waals surface area contributed by atoms with Crippen LogP contribution in [0.25, 0.3) is 0 Å². The van der Waals surface area contributed by atoms with Gasteiger partial charge in [0.15, 0.2) is 6.61 Å². The van der Waals surface area contributed by atoms with Gasteiger partial charge in [0.1, 0.15) is 5.75 Å². The summed E-state index contributed by atoms with van der Waals surface area (Å²) in [6, 6.07) is 13.4. The lowest BCUT2D eigenvalue weighted by Gasteiger charge is -2.17. The Hall–Kier alpha value is -2.00. The van der Waals surface area contributed by atoms with Crippen LogP contribution in [0.5, 0.6) is 5.75 Å². The summed E-state index contributed by atoms with van der Waals surface area (Å²) < 4.78 is 5.58. The molecule has 3 rings (SSSR count). The quantitative estimate of drug-likeness (QED) is 0.866. The van der Waals surface area contributed by atoms with Crippen LogP contribution in [0.15, 0.2) is 42.5 Å². The average molecular weight is 302 g/mol. The number of halogens is 1. The fraction of sp³-hybridized carbons (Fsp3) is 0.235. The van der Waals surface area contributed by atoms with Crippen molar-refractivity contribution in [1.82, 2.24) is 0 Å². The lowest BCUT2D eigenvalue weighted by molar-refractivity contribution is -0.120. The number of hydrogen-bond acceptors (Lipinski definition) is 2. The summed E-state index contributed by atoms with van der Waals surface area (Å²) in [6.07, 6.45) is 0.905. The van der Waals surface area contributed by atoms with Crippen LogP contribution < -0.4 is 9.64 Å². The first-order chi connectivity index (χ1) is 10.1. The first kappa shape index (κ1) is 14.0. The van der Waals surface area contributed by atoms with Crippen molar-refractivity contribution in [2.75, 3.05) is 18.1 Å². The van der Waals surface area contributed by atoms with Crippen molar-refractivity contribution < 1.29 is 9.53 Å². The van der Waals surface area contributed by atoms with Crippen molar-refractivity contribution in [2.24, 2.45) is 0 Å². The Morgan fingerprint density at radius 2 is 2.10 bits per heavy atom. The number of ether oxygens (including phenoxy) is 1. The summed E-state index contributed by atoms with van der Waals surface area (Å²) in [4.78, 5) is 14.1. The van der Waals surface area contributed by atoms with Gasteiger partial charge in [-0.25, -0.2) is 0 Å². The van der Waals surface area contributed by atoms with Crippen molar-refractivity contribution in [1.29, 1.82) is 0 Å². The van der Waals surface area contributed by atoms with E-state index in [0.29, 0.717) is 10.8 Å². The Morgan fingerprint density at radius 3 is 2.90 bits per heavy atom. The van der Waals surface area contributed by atoms with Gasteiger partial charge in [-0.15, -0.1) is 0 Å². The summed E-state index contributed by atoms with van der Waals surface area (Å²) in [6.45, 7) is 2.67. The molecule has 21 heavy (non-hydrogen) atoms. The molecule has 2 aromatic carbocycles. The predicted octanol–water partition coefficient (Wildman–Crippen LogP) is 3.62. The van der Waals surface area contributed by atoms with E-state index in [4.69, 9.17) is 16.3 Å². The van der Waals surface area contributed by atoms with Gasteiger partial charge in [-0.05, 0) is 48.7 Å². The fourth-order valence-corrected chi connectivity index (χ4v) is 2.64. The highest BCUT2D eigenvalue weighted by atomic mass is 35.5. The molecule has 0 atom stereocenters. The number of nitrogens with zero attached hydrogens (tertiary/aromatic N) is 1. The number of para-hydroxylation sites is 1. The lowest BCUT2D eigenvalue weighted by atomic mass is 10.2. The molecule has 3 nitrogen and oxygen atoms in total. The maximum absolute atomic E-state index is 12.3. The fourth-order valence-electron chi connectivity index (χ4n) is 2.53. The van der Waals surface area contributed by atoms with Crippen molar-refractivity contribution in [2.45, 2.75) is 13.3 Å². The average Bonchev–Trinajstić information content (AvgIpc) is 2.92. The Kier molecular flexibility index (Phi) is 3.84. The number of anilines is 1. The van der Waals surface area contributed by atoms with Crippen molar-refractivity contribution in [3.05, 3.63) is 58.6 Å². The van der Waals surface area contributed by atoms with E-state index < -0.39 is 0 Å². The molecule has 0 saturated carbocycles. The highest BCUT2D eigenvalue weighted by molar-refractivity contribution is 6.31. The van der Waals surface area contributed by atoms with Gasteiger partial charge in [0.05, 0.1) is 0 Å². The topological polar surface area (TPSA) is 29.5 Å². The summed E-state index contributed by atoms with van der Waals surface area (Å²) in [5, 5.41) is 0.696. The summed E-state index contributed by atoms with van der Waals surface area (Å²) >= 11 is 5.97. The van der Waals surface area contributed by atoms with Crippen LogP contribution in [0.3, 0.4) is 0 Å². The number of rotatable bonds is 3. The molecule has 0 saturated heterocycles. The zero-order valence-corrected chi connectivity index (χ0v) is 12.6. The number of amides is 1. The van der Waals surface area contributed by atoms with Crippen molar-refractivity contribution in [3.8, 4) is 5.75 Å². The Morgan fingerprint density at radius 1 is 1.29 bits per heavy atom. The minimum Gasteiger partial charge on any atom is -0.484 e. The van der Waals surface area contributed by atoms with E-state index in [9.17, 15) is 4.79 Å². The zero-order chi connectivity index (χ0) is 14.8. The Bertz CT molecular complexity index is 684.